The van der Waals surface area contributed by atoms with Gasteiger partial charge in [0.1, 0.15) is 0 Å². The fourth-order valence-corrected chi connectivity index (χ4v) is 1.13. The molecule has 13 heavy (non-hydrogen) atoms. The Bertz CT molecular complexity index is 230. The van der Waals surface area contributed by atoms with Crippen LogP contribution in [0.3, 0.4) is 0 Å². The Kier molecular flexibility index (Phi) is 3.74. The second-order valence-electron chi connectivity index (χ2n) is 3.94. The van der Waals surface area contributed by atoms with E-state index in [1.807, 2.05) is 12.4 Å². The van der Waals surface area contributed by atoms with Gasteiger partial charge in [-0.25, -0.2) is 0 Å². The highest BCUT2D eigenvalue weighted by Gasteiger charge is 2.06. The SMILES string of the molecule is CC(C)C.c1cc2c(cn1)NCC2. The summed E-state index contributed by atoms with van der Waals surface area (Å²) in [7, 11) is 0. The molecule has 0 amide bonds. The van der Waals surface area contributed by atoms with E-state index in [1.165, 1.54) is 11.3 Å². The fourth-order valence-electron chi connectivity index (χ4n) is 1.13. The van der Waals surface area contributed by atoms with Crippen molar-refractivity contribution in [1.82, 2.24) is 4.98 Å². The molecule has 72 valence electrons. The van der Waals surface area contributed by atoms with Crippen molar-refractivity contribution in [3.05, 3.63) is 24.0 Å². The molecule has 2 heterocycles. The van der Waals surface area contributed by atoms with Crippen molar-refractivity contribution in [1.29, 1.82) is 0 Å². The number of hydrogen-bond acceptors (Lipinski definition) is 2. The molecule has 0 atom stereocenters. The van der Waals surface area contributed by atoms with Gasteiger partial charge in [0.05, 0.1) is 11.9 Å². The van der Waals surface area contributed by atoms with E-state index in [0.717, 1.165) is 18.9 Å². The number of fused-ring (bicyclic) bond motifs is 1. The standard InChI is InChI=1S/C7H8N2.C4H10/c1-3-8-5-7-6(1)2-4-9-7;1-4(2)3/h1,3,5,9H,2,4H2;4H,1-3H3. The van der Waals surface area contributed by atoms with Gasteiger partial charge in [-0.3, -0.25) is 4.98 Å². The molecule has 1 aliphatic heterocycles. The summed E-state index contributed by atoms with van der Waals surface area (Å²) in [5.74, 6) is 0.833. The normalized spacial score (nSPS) is 12.9. The van der Waals surface area contributed by atoms with Crippen LogP contribution in [-0.2, 0) is 6.42 Å². The van der Waals surface area contributed by atoms with E-state index < -0.39 is 0 Å². The molecule has 0 bridgehead atoms. The molecular weight excluding hydrogens is 160 g/mol. The monoisotopic (exact) mass is 178 g/mol. The van der Waals surface area contributed by atoms with Crippen molar-refractivity contribution >= 4 is 5.69 Å². The van der Waals surface area contributed by atoms with Crippen LogP contribution in [0.1, 0.15) is 26.3 Å². The van der Waals surface area contributed by atoms with Gasteiger partial charge in [-0.05, 0) is 24.0 Å². The van der Waals surface area contributed by atoms with Gasteiger partial charge in [-0.15, -0.1) is 0 Å². The largest absolute Gasteiger partial charge is 0.383 e. The van der Waals surface area contributed by atoms with Crippen LogP contribution in [0.15, 0.2) is 18.5 Å². The lowest BCUT2D eigenvalue weighted by atomic mass is 10.2. The Morgan fingerprint density at radius 3 is 2.69 bits per heavy atom. The maximum absolute atomic E-state index is 3.99. The summed E-state index contributed by atoms with van der Waals surface area (Å²) >= 11 is 0. The Hall–Kier alpha value is -1.05. The molecule has 0 unspecified atom stereocenters. The summed E-state index contributed by atoms with van der Waals surface area (Å²) < 4.78 is 0. The zero-order valence-corrected chi connectivity index (χ0v) is 8.67. The lowest BCUT2D eigenvalue weighted by Gasteiger charge is -1.93. The lowest BCUT2D eigenvalue weighted by molar-refractivity contribution is 0.737. The van der Waals surface area contributed by atoms with E-state index in [9.17, 15) is 0 Å². The number of nitrogens with zero attached hydrogens (tertiary/aromatic N) is 1. The zero-order chi connectivity index (χ0) is 9.68. The Morgan fingerprint density at radius 1 is 1.38 bits per heavy atom. The molecule has 0 fully saturated rings. The van der Waals surface area contributed by atoms with Crippen LogP contribution in [0.4, 0.5) is 5.69 Å². The highest BCUT2D eigenvalue weighted by molar-refractivity contribution is 5.52. The van der Waals surface area contributed by atoms with Crippen LogP contribution in [0.25, 0.3) is 0 Å². The summed E-state index contributed by atoms with van der Waals surface area (Å²) in [6.07, 6.45) is 4.87. The predicted octanol–water partition coefficient (Wildman–Crippen LogP) is 2.71. The lowest BCUT2D eigenvalue weighted by Crippen LogP contribution is -1.90. The van der Waals surface area contributed by atoms with Gasteiger partial charge in [0.2, 0.25) is 0 Å². The molecule has 0 aromatic carbocycles. The molecule has 0 radical (unpaired) electrons. The third-order valence-corrected chi connectivity index (χ3v) is 1.62. The van der Waals surface area contributed by atoms with Gasteiger partial charge in [0.15, 0.2) is 0 Å². The minimum Gasteiger partial charge on any atom is -0.383 e. The molecule has 0 spiro atoms. The second-order valence-corrected chi connectivity index (χ2v) is 3.94. The maximum Gasteiger partial charge on any atom is 0.0560 e. The first-order valence-electron chi connectivity index (χ1n) is 4.87. The minimum absolute atomic E-state index is 0.833. The second kappa shape index (κ2) is 4.85. The molecule has 2 nitrogen and oxygen atoms in total. The molecule has 1 aromatic heterocycles. The van der Waals surface area contributed by atoms with Gasteiger partial charge >= 0.3 is 0 Å². The first kappa shape index (κ1) is 10.0. The minimum atomic E-state index is 0.833. The number of anilines is 1. The summed E-state index contributed by atoms with van der Waals surface area (Å²) in [6, 6.07) is 2.06. The molecule has 1 N–H and O–H groups in total. The summed E-state index contributed by atoms with van der Waals surface area (Å²) in [4.78, 5) is 3.99. The van der Waals surface area contributed by atoms with Crippen LogP contribution in [0.2, 0.25) is 0 Å². The molecule has 1 aromatic rings. The van der Waals surface area contributed by atoms with Crippen molar-refractivity contribution < 1.29 is 0 Å². The van der Waals surface area contributed by atoms with E-state index >= 15 is 0 Å². The van der Waals surface area contributed by atoms with Gasteiger partial charge in [-0.1, -0.05) is 20.8 Å². The summed E-state index contributed by atoms with van der Waals surface area (Å²) in [6.45, 7) is 7.57. The van der Waals surface area contributed by atoms with Crippen molar-refractivity contribution in [3.63, 3.8) is 0 Å². The van der Waals surface area contributed by atoms with Crippen LogP contribution >= 0.6 is 0 Å². The highest BCUT2D eigenvalue weighted by Crippen LogP contribution is 2.18. The Balaban J connectivity index is 0.000000184. The molecule has 1 aliphatic rings. The Morgan fingerprint density at radius 2 is 2.08 bits per heavy atom. The van der Waals surface area contributed by atoms with Gasteiger partial charge in [0.25, 0.3) is 0 Å². The zero-order valence-electron chi connectivity index (χ0n) is 8.67. The molecule has 0 saturated carbocycles. The molecular formula is C11H18N2. The van der Waals surface area contributed by atoms with Crippen LogP contribution in [0.5, 0.6) is 0 Å². The van der Waals surface area contributed by atoms with Crippen molar-refractivity contribution in [2.45, 2.75) is 27.2 Å². The van der Waals surface area contributed by atoms with Gasteiger partial charge in [0, 0.05) is 12.7 Å². The van der Waals surface area contributed by atoms with E-state index in [0.29, 0.717) is 0 Å². The number of rotatable bonds is 0. The van der Waals surface area contributed by atoms with Crippen LogP contribution in [-0.4, -0.2) is 11.5 Å². The number of pyridine rings is 1. The first-order valence-corrected chi connectivity index (χ1v) is 4.87. The molecule has 0 aliphatic carbocycles. The van der Waals surface area contributed by atoms with E-state index in [4.69, 9.17) is 0 Å². The molecule has 0 saturated heterocycles. The van der Waals surface area contributed by atoms with Crippen molar-refractivity contribution in [2.24, 2.45) is 5.92 Å². The highest BCUT2D eigenvalue weighted by atomic mass is 14.9. The summed E-state index contributed by atoms with van der Waals surface area (Å²) in [5.41, 5.74) is 2.60. The van der Waals surface area contributed by atoms with Crippen LogP contribution in [0, 0.1) is 5.92 Å². The van der Waals surface area contributed by atoms with E-state index in [1.54, 1.807) is 0 Å². The maximum atomic E-state index is 3.99. The number of aromatic nitrogens is 1. The van der Waals surface area contributed by atoms with Gasteiger partial charge in [-0.2, -0.15) is 0 Å². The van der Waals surface area contributed by atoms with Crippen molar-refractivity contribution in [3.8, 4) is 0 Å². The Labute approximate surface area is 80.4 Å². The first-order chi connectivity index (χ1) is 6.20. The summed E-state index contributed by atoms with van der Waals surface area (Å²) in [5, 5.41) is 3.24. The van der Waals surface area contributed by atoms with E-state index in [2.05, 4.69) is 37.1 Å². The third kappa shape index (κ3) is 3.45. The smallest absolute Gasteiger partial charge is 0.0560 e. The topological polar surface area (TPSA) is 24.9 Å². The predicted molar refractivity (Wildman–Crippen MR) is 56.9 cm³/mol. The third-order valence-electron chi connectivity index (χ3n) is 1.62. The molecule has 2 rings (SSSR count). The number of nitrogens with one attached hydrogen (secondary N) is 1. The quantitative estimate of drug-likeness (QED) is 0.660. The van der Waals surface area contributed by atoms with Gasteiger partial charge < -0.3 is 5.32 Å². The van der Waals surface area contributed by atoms with Crippen LogP contribution < -0.4 is 5.32 Å². The average Bonchev–Trinajstić information content (AvgIpc) is 2.49. The number of hydrogen-bond donors (Lipinski definition) is 1. The average molecular weight is 178 g/mol. The van der Waals surface area contributed by atoms with Crippen molar-refractivity contribution in [2.75, 3.05) is 11.9 Å². The molecule has 2 heteroatoms. The fraction of sp³-hybridized carbons (Fsp3) is 0.545. The van der Waals surface area contributed by atoms with E-state index in [-0.39, 0.29) is 0 Å².